The van der Waals surface area contributed by atoms with Crippen LogP contribution in [0, 0.1) is 0 Å². The van der Waals surface area contributed by atoms with Gasteiger partial charge in [0.1, 0.15) is 18.1 Å². The van der Waals surface area contributed by atoms with Crippen molar-refractivity contribution in [2.24, 2.45) is 0 Å². The Kier molecular flexibility index (Phi) is 9.04. The number of sulfone groups is 1. The normalized spacial score (nSPS) is 12.0. The molecule has 1 amide bonds. The predicted octanol–water partition coefficient (Wildman–Crippen LogP) is 3.27. The van der Waals surface area contributed by atoms with E-state index >= 15 is 0 Å². The molecular formula is C17H24F3NO5S. The Hall–Kier alpha value is -1.81. The zero-order valence-electron chi connectivity index (χ0n) is 15.3. The summed E-state index contributed by atoms with van der Waals surface area (Å²) in [5.74, 6) is -1.86. The maximum Gasteiger partial charge on any atom is 0.416 e. The largest absolute Gasteiger partial charge is 0.489 e. The summed E-state index contributed by atoms with van der Waals surface area (Å²) in [4.78, 5) is 12.1. The Balaban J connectivity index is 2.92. The van der Waals surface area contributed by atoms with Crippen LogP contribution in [-0.2, 0) is 25.5 Å². The molecule has 0 saturated heterocycles. The summed E-state index contributed by atoms with van der Waals surface area (Å²) in [6.45, 7) is 2.17. The maximum atomic E-state index is 12.9. The second-order valence-electron chi connectivity index (χ2n) is 5.90. The van der Waals surface area contributed by atoms with Gasteiger partial charge in [0.05, 0.1) is 23.6 Å². The quantitative estimate of drug-likeness (QED) is 0.565. The van der Waals surface area contributed by atoms with Crippen molar-refractivity contribution in [2.75, 3.05) is 37.1 Å². The van der Waals surface area contributed by atoms with Gasteiger partial charge in [0.15, 0.2) is 9.84 Å². The van der Waals surface area contributed by atoms with Crippen LogP contribution in [0.2, 0.25) is 0 Å². The van der Waals surface area contributed by atoms with E-state index in [-0.39, 0.29) is 30.4 Å². The second kappa shape index (κ2) is 10.5. The van der Waals surface area contributed by atoms with Gasteiger partial charge in [-0.2, -0.15) is 13.2 Å². The van der Waals surface area contributed by atoms with Gasteiger partial charge in [-0.1, -0.05) is 19.8 Å². The van der Waals surface area contributed by atoms with Crippen LogP contribution in [0.1, 0.15) is 31.7 Å². The van der Waals surface area contributed by atoms with Crippen LogP contribution < -0.4 is 10.1 Å². The number of unbranched alkanes of at least 4 members (excludes halogenated alkanes) is 2. The van der Waals surface area contributed by atoms with Gasteiger partial charge in [-0.3, -0.25) is 4.79 Å². The Morgan fingerprint density at radius 2 is 1.89 bits per heavy atom. The first-order valence-electron chi connectivity index (χ1n) is 8.42. The summed E-state index contributed by atoms with van der Waals surface area (Å²) in [6, 6.07) is 2.60. The molecule has 0 saturated carbocycles. The molecule has 0 aliphatic heterocycles. The van der Waals surface area contributed by atoms with Crippen LogP contribution in [0.4, 0.5) is 18.9 Å². The predicted molar refractivity (Wildman–Crippen MR) is 95.6 cm³/mol. The Morgan fingerprint density at radius 1 is 1.19 bits per heavy atom. The van der Waals surface area contributed by atoms with E-state index in [9.17, 15) is 26.4 Å². The first-order valence-corrected chi connectivity index (χ1v) is 10.2. The van der Waals surface area contributed by atoms with Crippen LogP contribution in [-0.4, -0.2) is 46.2 Å². The SMILES string of the molecule is CCCCCS(=O)(=O)CC(=O)Nc1cc(C(F)(F)F)ccc1OCCOC. The summed E-state index contributed by atoms with van der Waals surface area (Å²) in [7, 11) is -2.21. The minimum atomic E-state index is -4.61. The fraction of sp³-hybridized carbons (Fsp3) is 0.588. The fourth-order valence-corrected chi connectivity index (χ4v) is 3.45. The molecule has 0 aromatic heterocycles. The number of carbonyl (C=O) groups excluding carboxylic acids is 1. The number of carbonyl (C=O) groups is 1. The van der Waals surface area contributed by atoms with Crippen molar-refractivity contribution in [1.29, 1.82) is 0 Å². The van der Waals surface area contributed by atoms with Crippen LogP contribution in [0.15, 0.2) is 18.2 Å². The number of hydrogen-bond donors (Lipinski definition) is 1. The number of methoxy groups -OCH3 is 1. The fourth-order valence-electron chi connectivity index (χ4n) is 2.19. The van der Waals surface area contributed by atoms with Gasteiger partial charge < -0.3 is 14.8 Å². The Morgan fingerprint density at radius 3 is 2.48 bits per heavy atom. The van der Waals surface area contributed by atoms with E-state index in [0.29, 0.717) is 18.9 Å². The first-order chi connectivity index (χ1) is 12.6. The van der Waals surface area contributed by atoms with Crippen LogP contribution >= 0.6 is 0 Å². The number of benzene rings is 1. The molecule has 1 aromatic rings. The van der Waals surface area contributed by atoms with Gasteiger partial charge >= 0.3 is 6.18 Å². The maximum absolute atomic E-state index is 12.9. The summed E-state index contributed by atoms with van der Waals surface area (Å²) in [5, 5.41) is 2.21. The molecular weight excluding hydrogens is 387 g/mol. The molecule has 0 aliphatic rings. The lowest BCUT2D eigenvalue weighted by molar-refractivity contribution is -0.137. The number of halogens is 3. The van der Waals surface area contributed by atoms with Crippen molar-refractivity contribution in [3.05, 3.63) is 23.8 Å². The molecule has 0 radical (unpaired) electrons. The molecule has 1 aromatic carbocycles. The monoisotopic (exact) mass is 411 g/mol. The van der Waals surface area contributed by atoms with E-state index in [2.05, 4.69) is 5.32 Å². The lowest BCUT2D eigenvalue weighted by Gasteiger charge is -2.15. The minimum Gasteiger partial charge on any atom is -0.489 e. The number of rotatable bonds is 11. The molecule has 0 spiro atoms. The molecule has 6 nitrogen and oxygen atoms in total. The highest BCUT2D eigenvalue weighted by Crippen LogP contribution is 2.35. The Bertz CT molecular complexity index is 720. The molecule has 154 valence electrons. The lowest BCUT2D eigenvalue weighted by atomic mass is 10.1. The van der Waals surface area contributed by atoms with E-state index in [1.807, 2.05) is 6.92 Å². The number of alkyl halides is 3. The number of anilines is 1. The number of amides is 1. The lowest BCUT2D eigenvalue weighted by Crippen LogP contribution is -2.25. The average molecular weight is 411 g/mol. The molecule has 0 unspecified atom stereocenters. The molecule has 1 rings (SSSR count). The highest BCUT2D eigenvalue weighted by molar-refractivity contribution is 7.92. The zero-order valence-corrected chi connectivity index (χ0v) is 16.1. The highest BCUT2D eigenvalue weighted by Gasteiger charge is 2.31. The van der Waals surface area contributed by atoms with E-state index < -0.39 is 33.2 Å². The second-order valence-corrected chi connectivity index (χ2v) is 8.08. The summed E-state index contributed by atoms with van der Waals surface area (Å²) < 4.78 is 72.7. The molecule has 1 N–H and O–H groups in total. The zero-order chi connectivity index (χ0) is 20.5. The van der Waals surface area contributed by atoms with Gasteiger partial charge in [0.2, 0.25) is 5.91 Å². The smallest absolute Gasteiger partial charge is 0.416 e. The van der Waals surface area contributed by atoms with Crippen molar-refractivity contribution in [3.63, 3.8) is 0 Å². The summed E-state index contributed by atoms with van der Waals surface area (Å²) >= 11 is 0. The van der Waals surface area contributed by atoms with E-state index in [4.69, 9.17) is 9.47 Å². The highest BCUT2D eigenvalue weighted by atomic mass is 32.2. The van der Waals surface area contributed by atoms with Crippen LogP contribution in [0.25, 0.3) is 0 Å². The third-order valence-electron chi connectivity index (χ3n) is 3.54. The third kappa shape index (κ3) is 8.61. The minimum absolute atomic E-state index is 0.00298. The van der Waals surface area contributed by atoms with Crippen molar-refractivity contribution < 1.29 is 35.9 Å². The molecule has 0 aliphatic carbocycles. The van der Waals surface area contributed by atoms with Crippen LogP contribution in [0.3, 0.4) is 0 Å². The number of ether oxygens (including phenoxy) is 2. The topological polar surface area (TPSA) is 81.7 Å². The van der Waals surface area contributed by atoms with E-state index in [1.54, 1.807) is 0 Å². The Labute approximate surface area is 157 Å². The van der Waals surface area contributed by atoms with E-state index in [0.717, 1.165) is 18.6 Å². The van der Waals surface area contributed by atoms with E-state index in [1.165, 1.54) is 7.11 Å². The third-order valence-corrected chi connectivity index (χ3v) is 5.15. The van der Waals surface area contributed by atoms with Crippen LogP contribution in [0.5, 0.6) is 5.75 Å². The number of hydrogen-bond acceptors (Lipinski definition) is 5. The molecule has 10 heteroatoms. The van der Waals surface area contributed by atoms with Crippen molar-refractivity contribution in [2.45, 2.75) is 32.4 Å². The average Bonchev–Trinajstić information content (AvgIpc) is 2.54. The molecule has 0 atom stereocenters. The van der Waals surface area contributed by atoms with Gasteiger partial charge in [0, 0.05) is 7.11 Å². The van der Waals surface area contributed by atoms with Crippen molar-refractivity contribution >= 4 is 21.4 Å². The standard InChI is InChI=1S/C17H24F3NO5S/c1-3-4-5-10-27(23,24)12-16(22)21-14-11-13(17(18,19)20)6-7-15(14)26-9-8-25-2/h6-7,11H,3-5,8-10,12H2,1-2H3,(H,21,22). The number of nitrogens with one attached hydrogen (secondary N) is 1. The van der Waals surface area contributed by atoms with Crippen molar-refractivity contribution in [1.82, 2.24) is 0 Å². The van der Waals surface area contributed by atoms with Gasteiger partial charge in [-0.15, -0.1) is 0 Å². The van der Waals surface area contributed by atoms with Gasteiger partial charge in [-0.05, 0) is 24.6 Å². The van der Waals surface area contributed by atoms with Crippen molar-refractivity contribution in [3.8, 4) is 5.75 Å². The molecule has 0 heterocycles. The van der Waals surface area contributed by atoms with Gasteiger partial charge in [-0.25, -0.2) is 8.42 Å². The summed E-state index contributed by atoms with van der Waals surface area (Å²) in [5.41, 5.74) is -1.22. The molecule has 27 heavy (non-hydrogen) atoms. The van der Waals surface area contributed by atoms with Gasteiger partial charge in [0.25, 0.3) is 0 Å². The summed E-state index contributed by atoms with van der Waals surface area (Å²) in [6.07, 6.45) is -2.64. The molecule has 0 fully saturated rings. The molecule has 0 bridgehead atoms. The first kappa shape index (κ1) is 23.2.